The van der Waals surface area contributed by atoms with Gasteiger partial charge in [0.05, 0.1) is 4.90 Å². The molecule has 0 unspecified atom stereocenters. The molecule has 21 heavy (non-hydrogen) atoms. The van der Waals surface area contributed by atoms with Crippen molar-refractivity contribution in [2.45, 2.75) is 37.1 Å². The number of aliphatic carboxylic acids is 1. The molecule has 1 aromatic carbocycles. The first-order valence-electron chi connectivity index (χ1n) is 6.41. The summed E-state index contributed by atoms with van der Waals surface area (Å²) in [6.45, 7) is 2.23. The SMILES string of the molecule is Cc1ccccc1S(=O)(=O)O.NCCCC[C@H](N)C(=O)O. The minimum Gasteiger partial charge on any atom is -0.480 e. The van der Waals surface area contributed by atoms with Crippen molar-refractivity contribution in [1.82, 2.24) is 0 Å². The fraction of sp³-hybridized carbons (Fsp3) is 0.462. The molecule has 1 aromatic rings. The van der Waals surface area contributed by atoms with Crippen LogP contribution in [0.4, 0.5) is 0 Å². The lowest BCUT2D eigenvalue weighted by molar-refractivity contribution is -0.138. The van der Waals surface area contributed by atoms with Gasteiger partial charge in [-0.1, -0.05) is 24.6 Å². The van der Waals surface area contributed by atoms with Crippen molar-refractivity contribution < 1.29 is 22.9 Å². The molecule has 0 aliphatic carbocycles. The van der Waals surface area contributed by atoms with E-state index in [1.807, 2.05) is 0 Å². The predicted octanol–water partition coefficient (Wildman–Crippen LogP) is 0.769. The van der Waals surface area contributed by atoms with Crippen molar-refractivity contribution in [2.24, 2.45) is 11.5 Å². The van der Waals surface area contributed by atoms with E-state index in [1.165, 1.54) is 6.07 Å². The average Bonchev–Trinajstić information content (AvgIpc) is 2.38. The van der Waals surface area contributed by atoms with Crippen LogP contribution < -0.4 is 11.5 Å². The van der Waals surface area contributed by atoms with Crippen LogP contribution in [0.15, 0.2) is 29.2 Å². The molecule has 1 atom stereocenters. The van der Waals surface area contributed by atoms with E-state index in [1.54, 1.807) is 25.1 Å². The molecular weight excluding hydrogens is 296 g/mol. The molecule has 0 fully saturated rings. The molecule has 0 radical (unpaired) electrons. The van der Waals surface area contributed by atoms with Gasteiger partial charge in [-0.25, -0.2) is 0 Å². The Hall–Kier alpha value is -1.48. The van der Waals surface area contributed by atoms with Crippen LogP contribution >= 0.6 is 0 Å². The van der Waals surface area contributed by atoms with Crippen LogP contribution in [-0.4, -0.2) is 36.6 Å². The third kappa shape index (κ3) is 8.41. The van der Waals surface area contributed by atoms with Crippen molar-refractivity contribution in [2.75, 3.05) is 6.54 Å². The van der Waals surface area contributed by atoms with E-state index in [0.717, 1.165) is 12.8 Å². The van der Waals surface area contributed by atoms with Crippen LogP contribution in [0.1, 0.15) is 24.8 Å². The van der Waals surface area contributed by atoms with Crippen LogP contribution in [0.3, 0.4) is 0 Å². The molecule has 1 rings (SSSR count). The highest BCUT2D eigenvalue weighted by atomic mass is 32.2. The lowest BCUT2D eigenvalue weighted by Gasteiger charge is -2.03. The summed E-state index contributed by atoms with van der Waals surface area (Å²) in [5.74, 6) is -0.933. The molecule has 0 saturated heterocycles. The first-order chi connectivity index (χ1) is 9.70. The van der Waals surface area contributed by atoms with Crippen LogP contribution in [0.5, 0.6) is 0 Å². The second kappa shape index (κ2) is 9.46. The monoisotopic (exact) mass is 318 g/mol. The Kier molecular flexibility index (Phi) is 8.79. The number of carbonyl (C=O) groups is 1. The molecule has 0 aromatic heterocycles. The van der Waals surface area contributed by atoms with E-state index < -0.39 is 22.1 Å². The highest BCUT2D eigenvalue weighted by Crippen LogP contribution is 2.12. The Balaban J connectivity index is 0.000000384. The fourth-order valence-electron chi connectivity index (χ4n) is 1.48. The maximum atomic E-state index is 10.6. The van der Waals surface area contributed by atoms with E-state index in [9.17, 15) is 13.2 Å². The fourth-order valence-corrected chi connectivity index (χ4v) is 2.20. The zero-order valence-electron chi connectivity index (χ0n) is 11.9. The van der Waals surface area contributed by atoms with Crippen LogP contribution in [0.25, 0.3) is 0 Å². The third-order valence-electron chi connectivity index (χ3n) is 2.66. The van der Waals surface area contributed by atoms with Gasteiger partial charge >= 0.3 is 5.97 Å². The quantitative estimate of drug-likeness (QED) is 0.448. The van der Waals surface area contributed by atoms with Crippen LogP contribution in [0.2, 0.25) is 0 Å². The minimum atomic E-state index is -4.03. The summed E-state index contributed by atoms with van der Waals surface area (Å²) in [5, 5.41) is 8.33. The Labute approximate surface area is 124 Å². The van der Waals surface area contributed by atoms with E-state index in [-0.39, 0.29) is 4.90 Å². The molecule has 6 N–H and O–H groups in total. The maximum Gasteiger partial charge on any atom is 0.320 e. The van der Waals surface area contributed by atoms with Crippen LogP contribution in [0, 0.1) is 6.92 Å². The molecule has 7 nitrogen and oxygen atoms in total. The third-order valence-corrected chi connectivity index (χ3v) is 3.67. The van der Waals surface area contributed by atoms with Gasteiger partial charge in [0.15, 0.2) is 0 Å². The zero-order valence-corrected chi connectivity index (χ0v) is 12.7. The van der Waals surface area contributed by atoms with Gasteiger partial charge in [0, 0.05) is 0 Å². The maximum absolute atomic E-state index is 10.6. The number of benzene rings is 1. The first kappa shape index (κ1) is 19.5. The van der Waals surface area contributed by atoms with Crippen molar-refractivity contribution in [3.05, 3.63) is 29.8 Å². The Morgan fingerprint density at radius 1 is 1.29 bits per heavy atom. The predicted molar refractivity (Wildman–Crippen MR) is 79.5 cm³/mol. The number of unbranched alkanes of at least 4 members (excludes halogenated alkanes) is 1. The van der Waals surface area contributed by atoms with E-state index in [0.29, 0.717) is 18.5 Å². The average molecular weight is 318 g/mol. The van der Waals surface area contributed by atoms with Crippen molar-refractivity contribution in [3.8, 4) is 0 Å². The normalized spacial score (nSPS) is 12.2. The minimum absolute atomic E-state index is 0.0278. The second-order valence-electron chi connectivity index (χ2n) is 4.47. The first-order valence-corrected chi connectivity index (χ1v) is 7.85. The Morgan fingerprint density at radius 2 is 1.86 bits per heavy atom. The number of carboxylic acids is 1. The molecule has 0 aliphatic rings. The van der Waals surface area contributed by atoms with Gasteiger partial charge in [0.2, 0.25) is 0 Å². The van der Waals surface area contributed by atoms with E-state index >= 15 is 0 Å². The number of nitrogens with two attached hydrogens (primary N) is 2. The number of carboxylic acid groups (broad SMARTS) is 1. The van der Waals surface area contributed by atoms with Gasteiger partial charge in [-0.05, 0) is 37.9 Å². The summed E-state index contributed by atoms with van der Waals surface area (Å²) < 4.78 is 29.9. The van der Waals surface area contributed by atoms with Gasteiger partial charge in [-0.15, -0.1) is 0 Å². The molecule has 8 heteroatoms. The Morgan fingerprint density at radius 3 is 2.24 bits per heavy atom. The van der Waals surface area contributed by atoms with Gasteiger partial charge in [0.25, 0.3) is 10.1 Å². The summed E-state index contributed by atoms with van der Waals surface area (Å²) in [4.78, 5) is 10.1. The molecule has 0 aliphatic heterocycles. The van der Waals surface area contributed by atoms with Gasteiger partial charge in [0.1, 0.15) is 6.04 Å². The standard InChI is InChI=1S/C7H8O3S.C6H14N2O2/c1-6-4-2-3-5-7(6)11(8,9)10;7-4-2-1-3-5(8)6(9)10/h2-5H,1H3,(H,8,9,10);5H,1-4,7-8H2,(H,9,10)/t;5-/m.0/s1. The summed E-state index contributed by atoms with van der Waals surface area (Å²) in [6.07, 6.45) is 2.16. The van der Waals surface area contributed by atoms with Crippen molar-refractivity contribution in [3.63, 3.8) is 0 Å². The highest BCUT2D eigenvalue weighted by molar-refractivity contribution is 7.85. The molecule has 0 amide bonds. The molecule has 120 valence electrons. The molecular formula is C13H22N2O5S. The van der Waals surface area contributed by atoms with Crippen molar-refractivity contribution >= 4 is 16.1 Å². The lowest BCUT2D eigenvalue weighted by atomic mass is 10.1. The van der Waals surface area contributed by atoms with Crippen molar-refractivity contribution in [1.29, 1.82) is 0 Å². The summed E-state index contributed by atoms with van der Waals surface area (Å²) in [7, 11) is -4.03. The topological polar surface area (TPSA) is 144 Å². The summed E-state index contributed by atoms with van der Waals surface area (Å²) in [6, 6.07) is 5.56. The Bertz CT molecular complexity index is 545. The lowest BCUT2D eigenvalue weighted by Crippen LogP contribution is -2.29. The molecule has 0 spiro atoms. The second-order valence-corrected chi connectivity index (χ2v) is 5.86. The largest absolute Gasteiger partial charge is 0.480 e. The van der Waals surface area contributed by atoms with Gasteiger partial charge < -0.3 is 16.6 Å². The van der Waals surface area contributed by atoms with Gasteiger partial charge in [-0.2, -0.15) is 8.42 Å². The summed E-state index contributed by atoms with van der Waals surface area (Å²) >= 11 is 0. The van der Waals surface area contributed by atoms with E-state index in [4.69, 9.17) is 21.1 Å². The summed E-state index contributed by atoms with van der Waals surface area (Å²) in [5.41, 5.74) is 11.0. The van der Waals surface area contributed by atoms with E-state index in [2.05, 4.69) is 0 Å². The zero-order chi connectivity index (χ0) is 16.5. The van der Waals surface area contributed by atoms with Gasteiger partial charge in [-0.3, -0.25) is 9.35 Å². The smallest absolute Gasteiger partial charge is 0.320 e. The molecule has 0 saturated carbocycles. The number of hydrogen-bond acceptors (Lipinski definition) is 5. The van der Waals surface area contributed by atoms with Crippen LogP contribution in [-0.2, 0) is 14.9 Å². The molecule has 0 heterocycles. The number of hydrogen-bond donors (Lipinski definition) is 4. The highest BCUT2D eigenvalue weighted by Gasteiger charge is 2.10. The number of rotatable bonds is 6. The number of aryl methyl sites for hydroxylation is 1. The molecule has 0 bridgehead atoms.